The van der Waals surface area contributed by atoms with E-state index in [1.165, 1.54) is 0 Å². The molecule has 0 heterocycles. The topological polar surface area (TPSA) is 55.1 Å². The highest BCUT2D eigenvalue weighted by atomic mass is 35.5. The van der Waals surface area contributed by atoms with Crippen LogP contribution in [0.5, 0.6) is 0 Å². The quantitative estimate of drug-likeness (QED) is 0.832. The van der Waals surface area contributed by atoms with Crippen LogP contribution >= 0.6 is 11.6 Å². The standard InChI is InChI=1S/C14H21ClN2O/c1-10(2)7-11(9-16)8-14(18)17-13-5-3-12(15)4-6-13/h3-6,10-11H,7-9,16H2,1-2H3,(H,17,18)/t11-/m0/s1. The number of halogens is 1. The van der Waals surface area contributed by atoms with Crippen LogP contribution in [0, 0.1) is 11.8 Å². The third kappa shape index (κ3) is 5.52. The van der Waals surface area contributed by atoms with Crippen molar-refractivity contribution in [1.82, 2.24) is 0 Å². The van der Waals surface area contributed by atoms with E-state index in [2.05, 4.69) is 19.2 Å². The largest absolute Gasteiger partial charge is 0.330 e. The molecule has 1 atom stereocenters. The molecule has 1 aromatic rings. The minimum Gasteiger partial charge on any atom is -0.330 e. The van der Waals surface area contributed by atoms with Crippen LogP contribution in [0.4, 0.5) is 5.69 Å². The second-order valence-corrected chi connectivity index (χ2v) is 5.43. The van der Waals surface area contributed by atoms with Crippen LogP contribution in [0.15, 0.2) is 24.3 Å². The van der Waals surface area contributed by atoms with Gasteiger partial charge in [0.15, 0.2) is 0 Å². The van der Waals surface area contributed by atoms with Crippen molar-refractivity contribution in [3.05, 3.63) is 29.3 Å². The highest BCUT2D eigenvalue weighted by Gasteiger charge is 2.14. The Morgan fingerprint density at radius 2 is 1.94 bits per heavy atom. The number of rotatable bonds is 6. The van der Waals surface area contributed by atoms with Gasteiger partial charge in [-0.15, -0.1) is 0 Å². The maximum absolute atomic E-state index is 11.8. The monoisotopic (exact) mass is 268 g/mol. The van der Waals surface area contributed by atoms with Crippen LogP contribution < -0.4 is 11.1 Å². The van der Waals surface area contributed by atoms with Gasteiger partial charge in [-0.2, -0.15) is 0 Å². The summed E-state index contributed by atoms with van der Waals surface area (Å²) in [6.45, 7) is 4.83. The lowest BCUT2D eigenvalue weighted by Crippen LogP contribution is -2.23. The lowest BCUT2D eigenvalue weighted by atomic mass is 9.94. The van der Waals surface area contributed by atoms with E-state index in [-0.39, 0.29) is 11.8 Å². The zero-order chi connectivity index (χ0) is 13.5. The van der Waals surface area contributed by atoms with Gasteiger partial charge in [0.1, 0.15) is 0 Å². The SMILES string of the molecule is CC(C)C[C@H](CN)CC(=O)Nc1ccc(Cl)cc1. The van der Waals surface area contributed by atoms with E-state index in [1.807, 2.05) is 0 Å². The Morgan fingerprint density at radius 3 is 2.44 bits per heavy atom. The first-order valence-corrected chi connectivity index (χ1v) is 6.64. The van der Waals surface area contributed by atoms with Crippen molar-refractivity contribution in [3.63, 3.8) is 0 Å². The Kier molecular flexibility index (Phi) is 6.16. The maximum atomic E-state index is 11.8. The fourth-order valence-corrected chi connectivity index (χ4v) is 2.06. The Hall–Kier alpha value is -1.06. The number of amides is 1. The average Bonchev–Trinajstić information content (AvgIpc) is 2.30. The fourth-order valence-electron chi connectivity index (χ4n) is 1.94. The van der Waals surface area contributed by atoms with Gasteiger partial charge < -0.3 is 11.1 Å². The van der Waals surface area contributed by atoms with Crippen molar-refractivity contribution < 1.29 is 4.79 Å². The molecule has 0 spiro atoms. The van der Waals surface area contributed by atoms with Crippen molar-refractivity contribution >= 4 is 23.2 Å². The van der Waals surface area contributed by atoms with Gasteiger partial charge in [0.2, 0.25) is 5.91 Å². The van der Waals surface area contributed by atoms with Crippen LogP contribution in [-0.4, -0.2) is 12.5 Å². The number of nitrogens with two attached hydrogens (primary N) is 1. The second-order valence-electron chi connectivity index (χ2n) is 4.99. The summed E-state index contributed by atoms with van der Waals surface area (Å²) in [6, 6.07) is 7.09. The molecule has 0 unspecified atom stereocenters. The molecular formula is C14H21ClN2O. The molecule has 0 saturated carbocycles. The minimum absolute atomic E-state index is 0.00780. The highest BCUT2D eigenvalue weighted by Crippen LogP contribution is 2.17. The zero-order valence-electron chi connectivity index (χ0n) is 10.9. The lowest BCUT2D eigenvalue weighted by molar-refractivity contribution is -0.117. The van der Waals surface area contributed by atoms with Gasteiger partial charge in [-0.05, 0) is 49.1 Å². The number of carbonyl (C=O) groups excluding carboxylic acids is 1. The molecule has 3 N–H and O–H groups in total. The predicted molar refractivity (Wildman–Crippen MR) is 76.7 cm³/mol. The summed E-state index contributed by atoms with van der Waals surface area (Å²) in [4.78, 5) is 11.8. The Balaban J connectivity index is 2.47. The third-order valence-corrected chi connectivity index (χ3v) is 2.99. The van der Waals surface area contributed by atoms with Gasteiger partial charge in [0.25, 0.3) is 0 Å². The molecule has 1 amide bonds. The molecule has 0 aliphatic heterocycles. The fraction of sp³-hybridized carbons (Fsp3) is 0.500. The molecule has 100 valence electrons. The number of hydrogen-bond acceptors (Lipinski definition) is 2. The zero-order valence-corrected chi connectivity index (χ0v) is 11.7. The molecule has 0 aliphatic carbocycles. The predicted octanol–water partition coefficient (Wildman–Crippen LogP) is 3.29. The molecule has 18 heavy (non-hydrogen) atoms. The van der Waals surface area contributed by atoms with Crippen LogP contribution in [-0.2, 0) is 4.79 Å². The van der Waals surface area contributed by atoms with Crippen molar-refractivity contribution in [1.29, 1.82) is 0 Å². The van der Waals surface area contributed by atoms with E-state index in [4.69, 9.17) is 17.3 Å². The third-order valence-electron chi connectivity index (χ3n) is 2.74. The van der Waals surface area contributed by atoms with Crippen molar-refractivity contribution in [2.45, 2.75) is 26.7 Å². The summed E-state index contributed by atoms with van der Waals surface area (Å²) in [7, 11) is 0. The van der Waals surface area contributed by atoms with Gasteiger partial charge in [-0.3, -0.25) is 4.79 Å². The van der Waals surface area contributed by atoms with Gasteiger partial charge in [0, 0.05) is 17.1 Å². The van der Waals surface area contributed by atoms with Crippen molar-refractivity contribution in [2.75, 3.05) is 11.9 Å². The molecule has 4 heteroatoms. The molecule has 0 aromatic heterocycles. The van der Waals surface area contributed by atoms with E-state index in [0.717, 1.165) is 12.1 Å². The summed E-state index contributed by atoms with van der Waals surface area (Å²) in [5.41, 5.74) is 6.45. The smallest absolute Gasteiger partial charge is 0.224 e. The molecule has 3 nitrogen and oxygen atoms in total. The first-order valence-electron chi connectivity index (χ1n) is 6.26. The summed E-state index contributed by atoms with van der Waals surface area (Å²) >= 11 is 5.78. The molecule has 0 fully saturated rings. The Labute approximate surface area is 114 Å². The first-order chi connectivity index (χ1) is 8.51. The van der Waals surface area contributed by atoms with Gasteiger partial charge in [0.05, 0.1) is 0 Å². The van der Waals surface area contributed by atoms with Gasteiger partial charge in [-0.1, -0.05) is 25.4 Å². The average molecular weight is 269 g/mol. The Bertz CT molecular complexity index is 376. The van der Waals surface area contributed by atoms with E-state index >= 15 is 0 Å². The molecule has 1 rings (SSSR count). The van der Waals surface area contributed by atoms with E-state index in [9.17, 15) is 4.79 Å². The van der Waals surface area contributed by atoms with Crippen LogP contribution in [0.25, 0.3) is 0 Å². The van der Waals surface area contributed by atoms with Crippen molar-refractivity contribution in [2.24, 2.45) is 17.6 Å². The van der Waals surface area contributed by atoms with Crippen LogP contribution in [0.3, 0.4) is 0 Å². The Morgan fingerprint density at radius 1 is 1.33 bits per heavy atom. The van der Waals surface area contributed by atoms with Gasteiger partial charge >= 0.3 is 0 Å². The molecule has 0 bridgehead atoms. The molecule has 0 aliphatic rings. The van der Waals surface area contributed by atoms with Crippen molar-refractivity contribution in [3.8, 4) is 0 Å². The number of anilines is 1. The van der Waals surface area contributed by atoms with Crippen LogP contribution in [0.2, 0.25) is 5.02 Å². The first kappa shape index (κ1) is 15.0. The molecule has 0 radical (unpaired) electrons. The molecule has 1 aromatic carbocycles. The van der Waals surface area contributed by atoms with Gasteiger partial charge in [-0.25, -0.2) is 0 Å². The second kappa shape index (κ2) is 7.39. The number of benzene rings is 1. The highest BCUT2D eigenvalue weighted by molar-refractivity contribution is 6.30. The van der Waals surface area contributed by atoms with E-state index in [1.54, 1.807) is 24.3 Å². The summed E-state index contributed by atoms with van der Waals surface area (Å²) < 4.78 is 0. The van der Waals surface area contributed by atoms with E-state index < -0.39 is 0 Å². The van der Waals surface area contributed by atoms with Crippen LogP contribution in [0.1, 0.15) is 26.7 Å². The lowest BCUT2D eigenvalue weighted by Gasteiger charge is -2.16. The summed E-state index contributed by atoms with van der Waals surface area (Å²) in [5.74, 6) is 0.813. The summed E-state index contributed by atoms with van der Waals surface area (Å²) in [5, 5.41) is 3.51. The number of hydrogen-bond donors (Lipinski definition) is 2. The summed E-state index contributed by atoms with van der Waals surface area (Å²) in [6.07, 6.45) is 1.45. The number of nitrogens with one attached hydrogen (secondary N) is 1. The molecular weight excluding hydrogens is 248 g/mol. The minimum atomic E-state index is 0.00780. The van der Waals surface area contributed by atoms with E-state index in [0.29, 0.717) is 23.9 Å². The maximum Gasteiger partial charge on any atom is 0.224 e. The normalized spacial score (nSPS) is 12.5. The number of carbonyl (C=O) groups is 1. The molecule has 0 saturated heterocycles.